The molecule has 77 heavy (non-hydrogen) atoms. The van der Waals surface area contributed by atoms with Crippen LogP contribution in [0.25, 0.3) is 0 Å². The number of ether oxygens (including phenoxy) is 3. The van der Waals surface area contributed by atoms with Crippen molar-refractivity contribution in [2.45, 2.75) is 322 Å². The largest absolute Gasteiger partial charge is 0.462 e. The molecule has 0 bridgehead atoms. The summed E-state index contributed by atoms with van der Waals surface area (Å²) < 4.78 is 16.9. The molecular weight excluding hydrogens is 949 g/mol. The van der Waals surface area contributed by atoms with Gasteiger partial charge in [-0.05, 0) is 122 Å². The summed E-state index contributed by atoms with van der Waals surface area (Å²) in [6.45, 7) is 6.52. The van der Waals surface area contributed by atoms with Crippen LogP contribution in [-0.2, 0) is 28.6 Å². The summed E-state index contributed by atoms with van der Waals surface area (Å²) in [6.07, 6.45) is 87.0. The van der Waals surface area contributed by atoms with Crippen molar-refractivity contribution in [2.24, 2.45) is 0 Å². The second-order valence-electron chi connectivity index (χ2n) is 21.6. The zero-order valence-corrected chi connectivity index (χ0v) is 50.7. The molecule has 6 nitrogen and oxygen atoms in total. The predicted octanol–water partition coefficient (Wildman–Crippen LogP) is 22.4. The Kier molecular flexibility index (Phi) is 61.8. The molecule has 0 aliphatic heterocycles. The van der Waals surface area contributed by atoms with Crippen LogP contribution in [-0.4, -0.2) is 37.2 Å². The molecule has 1 unspecified atom stereocenters. The van der Waals surface area contributed by atoms with Crippen molar-refractivity contribution >= 4 is 17.9 Å². The average Bonchev–Trinajstić information content (AvgIpc) is 3.43. The van der Waals surface area contributed by atoms with E-state index in [2.05, 4.69) is 118 Å². The highest BCUT2D eigenvalue weighted by Gasteiger charge is 2.19. The van der Waals surface area contributed by atoms with Gasteiger partial charge in [-0.2, -0.15) is 0 Å². The Bertz CT molecular complexity index is 1510. The number of hydrogen-bond donors (Lipinski definition) is 0. The predicted molar refractivity (Wildman–Crippen MR) is 334 cm³/mol. The van der Waals surface area contributed by atoms with Crippen molar-refractivity contribution < 1.29 is 28.6 Å². The summed E-state index contributed by atoms with van der Waals surface area (Å²) in [4.78, 5) is 38.3. The van der Waals surface area contributed by atoms with Gasteiger partial charge >= 0.3 is 17.9 Å². The van der Waals surface area contributed by atoms with Crippen molar-refractivity contribution in [2.75, 3.05) is 13.2 Å². The topological polar surface area (TPSA) is 78.9 Å². The molecule has 0 amide bonds. The van der Waals surface area contributed by atoms with Gasteiger partial charge in [0, 0.05) is 19.3 Å². The molecule has 0 aromatic carbocycles. The first kappa shape index (κ1) is 73.3. The summed E-state index contributed by atoms with van der Waals surface area (Å²) in [5.41, 5.74) is 0. The zero-order chi connectivity index (χ0) is 55.7. The van der Waals surface area contributed by atoms with E-state index in [4.69, 9.17) is 14.2 Å². The van der Waals surface area contributed by atoms with Gasteiger partial charge in [-0.25, -0.2) is 0 Å². The van der Waals surface area contributed by atoms with E-state index < -0.39 is 6.10 Å². The lowest BCUT2D eigenvalue weighted by atomic mass is 10.1. The van der Waals surface area contributed by atoms with E-state index in [1.807, 2.05) is 0 Å². The number of carbonyl (C=O) groups is 3. The molecule has 0 radical (unpaired) electrons. The molecular formula is C71H122O6. The van der Waals surface area contributed by atoms with E-state index in [-0.39, 0.29) is 31.1 Å². The molecule has 0 saturated carbocycles. The van der Waals surface area contributed by atoms with E-state index in [0.29, 0.717) is 19.3 Å². The number of allylic oxidation sites excluding steroid dienone is 16. The second kappa shape index (κ2) is 64.9. The Labute approximate surface area is 477 Å². The normalized spacial score (nSPS) is 12.7. The summed E-state index contributed by atoms with van der Waals surface area (Å²) in [6, 6.07) is 0. The van der Waals surface area contributed by atoms with Gasteiger partial charge in [0.25, 0.3) is 0 Å². The van der Waals surface area contributed by atoms with Crippen molar-refractivity contribution in [1.82, 2.24) is 0 Å². The Morgan fingerprint density at radius 3 is 0.818 bits per heavy atom. The Morgan fingerprint density at radius 2 is 0.506 bits per heavy atom. The maximum Gasteiger partial charge on any atom is 0.306 e. The maximum absolute atomic E-state index is 12.9. The number of hydrogen-bond acceptors (Lipinski definition) is 6. The van der Waals surface area contributed by atoms with Crippen LogP contribution < -0.4 is 0 Å². The maximum atomic E-state index is 12.9. The monoisotopic (exact) mass is 1070 g/mol. The van der Waals surface area contributed by atoms with Gasteiger partial charge in [-0.1, -0.05) is 272 Å². The van der Waals surface area contributed by atoms with Crippen LogP contribution in [0.1, 0.15) is 316 Å². The standard InChI is InChI=1S/C71H122O6/c1-4-7-10-13-16-19-22-25-27-29-31-33-34-35-36-38-39-41-43-46-49-52-55-58-61-64-70(73)76-67-68(66-75-69(72)63-60-57-54-51-48-45-24-21-18-15-12-9-6-3)77-71(74)65-62-59-56-53-50-47-44-42-40-37-32-30-28-26-23-20-17-14-11-8-5-2/h7,10,16,19,21,24-25,27,30-33,35-36,39,41,68H,4-6,8-9,11-15,17-18,20,22-23,26,28-29,34,37-38,40,42-67H2,1-3H3/b10-7-,19-16-,24-21-,27-25-,32-30-,33-31-,36-35-,41-39-. The minimum Gasteiger partial charge on any atom is -0.462 e. The third-order valence-electron chi connectivity index (χ3n) is 14.0. The molecule has 1 atom stereocenters. The van der Waals surface area contributed by atoms with E-state index in [9.17, 15) is 14.4 Å². The minimum atomic E-state index is -0.790. The molecule has 0 heterocycles. The molecule has 0 saturated heterocycles. The lowest BCUT2D eigenvalue weighted by Gasteiger charge is -2.18. The first-order valence-corrected chi connectivity index (χ1v) is 32.7. The lowest BCUT2D eigenvalue weighted by Crippen LogP contribution is -2.30. The van der Waals surface area contributed by atoms with Crippen LogP contribution in [0.4, 0.5) is 0 Å². The first-order valence-electron chi connectivity index (χ1n) is 32.7. The van der Waals surface area contributed by atoms with Crippen LogP contribution in [0.15, 0.2) is 97.2 Å². The van der Waals surface area contributed by atoms with Crippen molar-refractivity contribution in [1.29, 1.82) is 0 Å². The van der Waals surface area contributed by atoms with Crippen LogP contribution in [0.5, 0.6) is 0 Å². The van der Waals surface area contributed by atoms with Crippen molar-refractivity contribution in [3.63, 3.8) is 0 Å². The molecule has 0 fully saturated rings. The van der Waals surface area contributed by atoms with Crippen molar-refractivity contribution in [3.05, 3.63) is 97.2 Å². The highest BCUT2D eigenvalue weighted by Crippen LogP contribution is 2.16. The highest BCUT2D eigenvalue weighted by molar-refractivity contribution is 5.71. The minimum absolute atomic E-state index is 0.0865. The van der Waals surface area contributed by atoms with Gasteiger partial charge < -0.3 is 14.2 Å². The first-order chi connectivity index (χ1) is 38.0. The van der Waals surface area contributed by atoms with E-state index in [1.54, 1.807) is 0 Å². The summed E-state index contributed by atoms with van der Waals surface area (Å²) in [5, 5.41) is 0. The third-order valence-corrected chi connectivity index (χ3v) is 14.0. The van der Waals surface area contributed by atoms with Gasteiger partial charge in [-0.15, -0.1) is 0 Å². The highest BCUT2D eigenvalue weighted by atomic mass is 16.6. The number of rotatable bonds is 59. The van der Waals surface area contributed by atoms with Gasteiger partial charge in [-0.3, -0.25) is 14.4 Å². The van der Waals surface area contributed by atoms with Crippen LogP contribution >= 0.6 is 0 Å². The van der Waals surface area contributed by atoms with Gasteiger partial charge in [0.05, 0.1) is 0 Å². The summed E-state index contributed by atoms with van der Waals surface area (Å²) in [7, 11) is 0. The van der Waals surface area contributed by atoms with Crippen LogP contribution in [0.2, 0.25) is 0 Å². The Balaban J connectivity index is 4.37. The van der Waals surface area contributed by atoms with E-state index >= 15 is 0 Å². The molecule has 0 N–H and O–H groups in total. The molecule has 6 heteroatoms. The molecule has 0 aromatic rings. The second-order valence-corrected chi connectivity index (χ2v) is 21.6. The number of carbonyl (C=O) groups excluding carboxylic acids is 3. The van der Waals surface area contributed by atoms with E-state index in [1.165, 1.54) is 161 Å². The lowest BCUT2D eigenvalue weighted by molar-refractivity contribution is -0.167. The summed E-state index contributed by atoms with van der Waals surface area (Å²) in [5.74, 6) is -0.901. The molecule has 0 aliphatic carbocycles. The van der Waals surface area contributed by atoms with Crippen LogP contribution in [0.3, 0.4) is 0 Å². The fourth-order valence-electron chi connectivity index (χ4n) is 9.14. The van der Waals surface area contributed by atoms with E-state index in [0.717, 1.165) is 116 Å². The average molecular weight is 1070 g/mol. The molecule has 0 rings (SSSR count). The molecule has 0 spiro atoms. The molecule has 442 valence electrons. The van der Waals surface area contributed by atoms with Gasteiger partial charge in [0.2, 0.25) is 0 Å². The van der Waals surface area contributed by atoms with Crippen LogP contribution in [0, 0.1) is 0 Å². The van der Waals surface area contributed by atoms with Gasteiger partial charge in [0.15, 0.2) is 6.10 Å². The quantitative estimate of drug-likeness (QED) is 0.0261. The fraction of sp³-hybridized carbons (Fsp3) is 0.732. The summed E-state index contributed by atoms with van der Waals surface area (Å²) >= 11 is 0. The molecule has 0 aliphatic rings. The molecule has 0 aromatic heterocycles. The smallest absolute Gasteiger partial charge is 0.306 e. The number of unbranched alkanes of at least 4 members (excludes halogenated alkanes) is 32. The third kappa shape index (κ3) is 63.0. The number of esters is 3. The Morgan fingerprint density at radius 1 is 0.273 bits per heavy atom. The van der Waals surface area contributed by atoms with Gasteiger partial charge in [0.1, 0.15) is 13.2 Å². The SMILES string of the molecule is CC/C=C\C/C=C\C/C=C\C/C=C\C/C=C\C/C=C\CCCCCCCCC(=O)OCC(COC(=O)CCCCCCC/C=C\CCCCCC)OC(=O)CCCCCCCCCCC/C=C\CCCCCCCCCC. The van der Waals surface area contributed by atoms with Crippen molar-refractivity contribution in [3.8, 4) is 0 Å². The zero-order valence-electron chi connectivity index (χ0n) is 50.7. The fourth-order valence-corrected chi connectivity index (χ4v) is 9.14. The Hall–Kier alpha value is -3.67.